The van der Waals surface area contributed by atoms with Crippen molar-refractivity contribution in [2.24, 2.45) is 12.0 Å². The molecule has 0 unspecified atom stereocenters. The SMILES string of the molecule is CCNC(=NCCc1cnn(C)c1)NCCSc1ccccc1.I. The maximum atomic E-state index is 4.61. The fourth-order valence-electron chi connectivity index (χ4n) is 2.09. The van der Waals surface area contributed by atoms with Crippen LogP contribution in [0, 0.1) is 0 Å². The van der Waals surface area contributed by atoms with Gasteiger partial charge < -0.3 is 10.6 Å². The van der Waals surface area contributed by atoms with Crippen molar-refractivity contribution in [2.75, 3.05) is 25.4 Å². The van der Waals surface area contributed by atoms with E-state index in [0.717, 1.165) is 37.8 Å². The van der Waals surface area contributed by atoms with Crippen LogP contribution in [0.2, 0.25) is 0 Å². The number of nitrogens with zero attached hydrogens (tertiary/aromatic N) is 3. The third-order valence-electron chi connectivity index (χ3n) is 3.18. The van der Waals surface area contributed by atoms with Gasteiger partial charge in [-0.3, -0.25) is 9.67 Å². The summed E-state index contributed by atoms with van der Waals surface area (Å²) in [6, 6.07) is 10.5. The van der Waals surface area contributed by atoms with Crippen LogP contribution in [0.25, 0.3) is 0 Å². The van der Waals surface area contributed by atoms with Gasteiger partial charge >= 0.3 is 0 Å². The van der Waals surface area contributed by atoms with Gasteiger partial charge in [0.25, 0.3) is 0 Å². The van der Waals surface area contributed by atoms with Crippen molar-refractivity contribution in [3.8, 4) is 0 Å². The molecule has 0 amide bonds. The molecule has 0 spiro atoms. The molecular formula is C17H26IN5S. The Morgan fingerprint density at radius 1 is 1.25 bits per heavy atom. The number of thioether (sulfide) groups is 1. The number of aromatic nitrogens is 2. The second kappa shape index (κ2) is 12.2. The summed E-state index contributed by atoms with van der Waals surface area (Å²) >= 11 is 1.85. The van der Waals surface area contributed by atoms with E-state index in [4.69, 9.17) is 0 Å². The number of aliphatic imine (C=N–C) groups is 1. The maximum Gasteiger partial charge on any atom is 0.191 e. The summed E-state index contributed by atoms with van der Waals surface area (Å²) in [6.45, 7) is 4.59. The van der Waals surface area contributed by atoms with Gasteiger partial charge in [-0.2, -0.15) is 5.10 Å². The highest BCUT2D eigenvalue weighted by Crippen LogP contribution is 2.15. The minimum absolute atomic E-state index is 0. The van der Waals surface area contributed by atoms with Crippen LogP contribution >= 0.6 is 35.7 Å². The van der Waals surface area contributed by atoms with Gasteiger partial charge in [-0.05, 0) is 31.0 Å². The average Bonchev–Trinajstić information content (AvgIpc) is 2.98. The Bertz CT molecular complexity index is 600. The van der Waals surface area contributed by atoms with Crippen LogP contribution < -0.4 is 10.6 Å². The molecule has 0 saturated heterocycles. The molecule has 2 aromatic rings. The van der Waals surface area contributed by atoms with E-state index in [1.807, 2.05) is 42.0 Å². The third-order valence-corrected chi connectivity index (χ3v) is 4.19. The number of halogens is 1. The van der Waals surface area contributed by atoms with Crippen molar-refractivity contribution in [1.29, 1.82) is 0 Å². The Labute approximate surface area is 165 Å². The summed E-state index contributed by atoms with van der Waals surface area (Å²) in [5.74, 6) is 1.89. The molecule has 1 aromatic heterocycles. The van der Waals surface area contributed by atoms with Crippen LogP contribution in [-0.2, 0) is 13.5 Å². The summed E-state index contributed by atoms with van der Waals surface area (Å²) in [4.78, 5) is 5.91. The van der Waals surface area contributed by atoms with E-state index in [0.29, 0.717) is 0 Å². The van der Waals surface area contributed by atoms with E-state index in [-0.39, 0.29) is 24.0 Å². The molecule has 2 rings (SSSR count). The summed E-state index contributed by atoms with van der Waals surface area (Å²) in [5, 5.41) is 10.8. The van der Waals surface area contributed by atoms with E-state index in [2.05, 4.69) is 51.9 Å². The standard InChI is InChI=1S/C17H25N5S.HI/c1-3-18-17(19-10-9-15-13-21-22(2)14-15)20-11-12-23-16-7-5-4-6-8-16;/h4-8,13-14H,3,9-12H2,1-2H3,(H2,18,19,20);1H. The van der Waals surface area contributed by atoms with Crippen LogP contribution in [0.4, 0.5) is 0 Å². The maximum absolute atomic E-state index is 4.61. The number of rotatable bonds is 8. The quantitative estimate of drug-likeness (QED) is 0.210. The normalized spacial score (nSPS) is 11.0. The van der Waals surface area contributed by atoms with Gasteiger partial charge in [0, 0.05) is 43.5 Å². The van der Waals surface area contributed by atoms with Gasteiger partial charge in [0.2, 0.25) is 0 Å². The summed E-state index contributed by atoms with van der Waals surface area (Å²) in [5.41, 5.74) is 1.21. The molecule has 1 heterocycles. The lowest BCUT2D eigenvalue weighted by molar-refractivity contribution is 0.766. The number of benzene rings is 1. The molecule has 1 aromatic carbocycles. The Morgan fingerprint density at radius 2 is 2.04 bits per heavy atom. The molecule has 0 fully saturated rings. The molecule has 24 heavy (non-hydrogen) atoms. The summed E-state index contributed by atoms with van der Waals surface area (Å²) in [7, 11) is 1.93. The largest absolute Gasteiger partial charge is 0.357 e. The predicted octanol–water partition coefficient (Wildman–Crippen LogP) is 2.93. The van der Waals surface area contributed by atoms with Gasteiger partial charge in [0.1, 0.15) is 0 Å². The van der Waals surface area contributed by atoms with Crippen LogP contribution in [0.15, 0.2) is 52.6 Å². The smallest absolute Gasteiger partial charge is 0.191 e. The lowest BCUT2D eigenvalue weighted by Gasteiger charge is -2.11. The molecular weight excluding hydrogens is 433 g/mol. The van der Waals surface area contributed by atoms with Crippen LogP contribution in [0.1, 0.15) is 12.5 Å². The molecule has 0 atom stereocenters. The van der Waals surface area contributed by atoms with E-state index in [9.17, 15) is 0 Å². The lowest BCUT2D eigenvalue weighted by atomic mass is 10.3. The van der Waals surface area contributed by atoms with Crippen molar-refractivity contribution in [3.05, 3.63) is 48.3 Å². The Hall–Kier alpha value is -1.22. The minimum atomic E-state index is 0. The monoisotopic (exact) mass is 459 g/mol. The zero-order valence-corrected chi connectivity index (χ0v) is 17.4. The van der Waals surface area contributed by atoms with Gasteiger partial charge in [0.15, 0.2) is 5.96 Å². The Kier molecular flexibility index (Phi) is 10.6. The molecule has 5 nitrogen and oxygen atoms in total. The summed E-state index contributed by atoms with van der Waals surface area (Å²) in [6.07, 6.45) is 4.84. The molecule has 0 aliphatic heterocycles. The van der Waals surface area contributed by atoms with Gasteiger partial charge in [-0.1, -0.05) is 18.2 Å². The molecule has 0 saturated carbocycles. The van der Waals surface area contributed by atoms with Crippen LogP contribution in [0.5, 0.6) is 0 Å². The first-order valence-electron chi connectivity index (χ1n) is 7.95. The van der Waals surface area contributed by atoms with Crippen LogP contribution in [0.3, 0.4) is 0 Å². The van der Waals surface area contributed by atoms with E-state index in [1.165, 1.54) is 10.5 Å². The van der Waals surface area contributed by atoms with Crippen molar-refractivity contribution in [2.45, 2.75) is 18.2 Å². The van der Waals surface area contributed by atoms with E-state index >= 15 is 0 Å². The van der Waals surface area contributed by atoms with Crippen molar-refractivity contribution in [3.63, 3.8) is 0 Å². The molecule has 132 valence electrons. The Balaban J connectivity index is 0.00000288. The number of guanidine groups is 1. The fraction of sp³-hybridized carbons (Fsp3) is 0.412. The van der Waals surface area contributed by atoms with Gasteiger partial charge in [-0.25, -0.2) is 0 Å². The van der Waals surface area contributed by atoms with Gasteiger partial charge in [0.05, 0.1) is 6.20 Å². The number of aryl methyl sites for hydroxylation is 1. The fourth-order valence-corrected chi connectivity index (χ4v) is 2.88. The molecule has 0 aliphatic rings. The first-order chi connectivity index (χ1) is 11.3. The molecule has 2 N–H and O–H groups in total. The highest BCUT2D eigenvalue weighted by atomic mass is 127. The van der Waals surface area contributed by atoms with Crippen molar-refractivity contribution >= 4 is 41.7 Å². The minimum Gasteiger partial charge on any atom is -0.357 e. The first kappa shape index (κ1) is 20.8. The Morgan fingerprint density at radius 3 is 2.71 bits per heavy atom. The van der Waals surface area contributed by atoms with Gasteiger partial charge in [-0.15, -0.1) is 35.7 Å². The summed E-state index contributed by atoms with van der Waals surface area (Å²) < 4.78 is 1.82. The number of hydrogen-bond donors (Lipinski definition) is 2. The highest BCUT2D eigenvalue weighted by molar-refractivity contribution is 14.0. The van der Waals surface area contributed by atoms with Crippen molar-refractivity contribution in [1.82, 2.24) is 20.4 Å². The average molecular weight is 459 g/mol. The second-order valence-corrected chi connectivity index (χ2v) is 6.29. The molecule has 7 heteroatoms. The van der Waals surface area contributed by atoms with Crippen LogP contribution in [-0.4, -0.2) is 41.1 Å². The predicted molar refractivity (Wildman–Crippen MR) is 113 cm³/mol. The van der Waals surface area contributed by atoms with E-state index in [1.54, 1.807) is 0 Å². The molecule has 0 bridgehead atoms. The second-order valence-electron chi connectivity index (χ2n) is 5.12. The zero-order chi connectivity index (χ0) is 16.3. The third kappa shape index (κ3) is 8.05. The number of nitrogens with one attached hydrogen (secondary N) is 2. The molecule has 0 aliphatic carbocycles. The highest BCUT2D eigenvalue weighted by Gasteiger charge is 1.99. The topological polar surface area (TPSA) is 54.2 Å². The number of hydrogen-bond acceptors (Lipinski definition) is 3. The van der Waals surface area contributed by atoms with E-state index < -0.39 is 0 Å². The lowest BCUT2D eigenvalue weighted by Crippen LogP contribution is -2.38. The van der Waals surface area contributed by atoms with Crippen molar-refractivity contribution < 1.29 is 0 Å². The molecule has 0 radical (unpaired) electrons. The zero-order valence-electron chi connectivity index (χ0n) is 14.2. The first-order valence-corrected chi connectivity index (χ1v) is 8.94.